The third-order valence-corrected chi connectivity index (χ3v) is 6.33. The summed E-state index contributed by atoms with van der Waals surface area (Å²) in [4.78, 5) is 11.4. The van der Waals surface area contributed by atoms with Crippen molar-refractivity contribution in [3.8, 4) is 0 Å². The van der Waals surface area contributed by atoms with Gasteiger partial charge in [0.1, 0.15) is 6.61 Å². The number of methoxy groups -OCH3 is 1. The molecule has 2 unspecified atom stereocenters. The minimum atomic E-state index is -3.02. The molecule has 0 radical (unpaired) electrons. The summed E-state index contributed by atoms with van der Waals surface area (Å²) in [6.45, 7) is 1.58. The maximum absolute atomic E-state index is 12.1. The van der Waals surface area contributed by atoms with Gasteiger partial charge >= 0.3 is 0 Å². The highest BCUT2D eigenvalue weighted by Gasteiger charge is 2.51. The number of ether oxygens (including phenoxy) is 1. The van der Waals surface area contributed by atoms with E-state index in [0.717, 1.165) is 6.42 Å². The Morgan fingerprint density at radius 1 is 1.56 bits per heavy atom. The lowest BCUT2D eigenvalue weighted by atomic mass is 9.81. The van der Waals surface area contributed by atoms with E-state index >= 15 is 0 Å². The molecule has 2 atom stereocenters. The van der Waals surface area contributed by atoms with Gasteiger partial charge in [-0.1, -0.05) is 0 Å². The van der Waals surface area contributed by atoms with Gasteiger partial charge < -0.3 is 15.4 Å². The van der Waals surface area contributed by atoms with Crippen LogP contribution in [0.2, 0.25) is 0 Å². The average molecular weight is 276 g/mol. The van der Waals surface area contributed by atoms with Crippen molar-refractivity contribution in [1.29, 1.82) is 0 Å². The SMILES string of the molecule is COCC(=O)NCC12CCCS(=O)(=O)C1CNC2. The van der Waals surface area contributed by atoms with Crippen molar-refractivity contribution >= 4 is 15.7 Å². The van der Waals surface area contributed by atoms with Crippen molar-refractivity contribution in [1.82, 2.24) is 10.6 Å². The molecule has 104 valence electrons. The number of hydrogen-bond donors (Lipinski definition) is 2. The molecule has 1 amide bonds. The van der Waals surface area contributed by atoms with Crippen molar-refractivity contribution in [3.05, 3.63) is 0 Å². The standard InChI is InChI=1S/C11H20N2O4S/c1-17-6-10(14)13-8-11-3-2-4-18(15,16)9(11)5-12-7-11/h9,12H,2-8H2,1H3,(H,13,14). The number of carbonyl (C=O) groups is 1. The number of fused-ring (bicyclic) bond motifs is 1. The first-order valence-electron chi connectivity index (χ1n) is 6.18. The molecule has 6 nitrogen and oxygen atoms in total. The second kappa shape index (κ2) is 5.14. The van der Waals surface area contributed by atoms with E-state index in [-0.39, 0.29) is 28.9 Å². The van der Waals surface area contributed by atoms with Gasteiger partial charge in [-0.25, -0.2) is 8.42 Å². The molecule has 2 saturated heterocycles. The summed E-state index contributed by atoms with van der Waals surface area (Å²) in [5.41, 5.74) is -0.333. The summed E-state index contributed by atoms with van der Waals surface area (Å²) in [6, 6.07) is 0. The van der Waals surface area contributed by atoms with E-state index in [1.807, 2.05) is 0 Å². The maximum atomic E-state index is 12.1. The van der Waals surface area contributed by atoms with Crippen LogP contribution in [0.25, 0.3) is 0 Å². The van der Waals surface area contributed by atoms with E-state index in [0.29, 0.717) is 26.1 Å². The summed E-state index contributed by atoms with van der Waals surface area (Å²) in [6.07, 6.45) is 1.53. The van der Waals surface area contributed by atoms with E-state index < -0.39 is 9.84 Å². The van der Waals surface area contributed by atoms with Crippen LogP contribution in [-0.2, 0) is 19.4 Å². The van der Waals surface area contributed by atoms with Gasteiger partial charge in [0.15, 0.2) is 9.84 Å². The second-order valence-corrected chi connectivity index (χ2v) is 7.47. The van der Waals surface area contributed by atoms with E-state index in [9.17, 15) is 13.2 Å². The zero-order valence-electron chi connectivity index (χ0n) is 10.6. The molecule has 7 heteroatoms. The van der Waals surface area contributed by atoms with Crippen LogP contribution in [0.1, 0.15) is 12.8 Å². The Hall–Kier alpha value is -0.660. The van der Waals surface area contributed by atoms with Crippen molar-refractivity contribution in [2.45, 2.75) is 18.1 Å². The molecule has 2 rings (SSSR count). The van der Waals surface area contributed by atoms with Crippen LogP contribution < -0.4 is 10.6 Å². The van der Waals surface area contributed by atoms with Gasteiger partial charge in [0.05, 0.1) is 11.0 Å². The zero-order valence-corrected chi connectivity index (χ0v) is 11.4. The molecular formula is C11H20N2O4S. The van der Waals surface area contributed by atoms with E-state index in [1.165, 1.54) is 7.11 Å². The van der Waals surface area contributed by atoms with Crippen LogP contribution in [0.5, 0.6) is 0 Å². The first-order chi connectivity index (χ1) is 8.50. The molecule has 0 bridgehead atoms. The molecule has 2 aliphatic heterocycles. The van der Waals surface area contributed by atoms with Gasteiger partial charge in [0, 0.05) is 32.2 Å². The highest BCUT2D eigenvalue weighted by atomic mass is 32.2. The lowest BCUT2D eigenvalue weighted by Crippen LogP contribution is -2.51. The monoisotopic (exact) mass is 276 g/mol. The first-order valence-corrected chi connectivity index (χ1v) is 7.90. The van der Waals surface area contributed by atoms with Gasteiger partial charge in [0.25, 0.3) is 0 Å². The Balaban J connectivity index is 2.06. The minimum absolute atomic E-state index is 0.0148. The van der Waals surface area contributed by atoms with Crippen LogP contribution in [0.4, 0.5) is 0 Å². The molecule has 2 aliphatic rings. The van der Waals surface area contributed by atoms with Crippen molar-refractivity contribution in [2.24, 2.45) is 5.41 Å². The fraction of sp³-hybridized carbons (Fsp3) is 0.909. The topological polar surface area (TPSA) is 84.5 Å². The van der Waals surface area contributed by atoms with Crippen molar-refractivity contribution in [2.75, 3.05) is 39.1 Å². The molecule has 0 aromatic carbocycles. The van der Waals surface area contributed by atoms with Gasteiger partial charge in [-0.05, 0) is 12.8 Å². The summed E-state index contributed by atoms with van der Waals surface area (Å²) in [7, 11) is -1.56. The van der Waals surface area contributed by atoms with E-state index in [2.05, 4.69) is 10.6 Å². The van der Waals surface area contributed by atoms with E-state index in [1.54, 1.807) is 0 Å². The van der Waals surface area contributed by atoms with Crippen LogP contribution in [0.3, 0.4) is 0 Å². The van der Waals surface area contributed by atoms with Gasteiger partial charge in [0.2, 0.25) is 5.91 Å². The Bertz CT molecular complexity index is 423. The predicted octanol–water partition coefficient (Wildman–Crippen LogP) is -1.08. The smallest absolute Gasteiger partial charge is 0.246 e. The highest BCUT2D eigenvalue weighted by molar-refractivity contribution is 7.92. The normalized spacial score (nSPS) is 33.9. The summed E-state index contributed by atoms with van der Waals surface area (Å²) in [5.74, 6) is 0.0770. The number of carbonyl (C=O) groups excluding carboxylic acids is 1. The summed E-state index contributed by atoms with van der Waals surface area (Å²) < 4.78 is 28.9. The number of rotatable bonds is 4. The summed E-state index contributed by atoms with van der Waals surface area (Å²) >= 11 is 0. The van der Waals surface area contributed by atoms with Crippen LogP contribution >= 0.6 is 0 Å². The highest BCUT2D eigenvalue weighted by Crippen LogP contribution is 2.39. The Kier molecular flexibility index (Phi) is 3.93. The Labute approximate surface area is 107 Å². The Morgan fingerprint density at radius 2 is 2.33 bits per heavy atom. The lowest BCUT2D eigenvalue weighted by molar-refractivity contribution is -0.125. The van der Waals surface area contributed by atoms with Crippen molar-refractivity contribution < 1.29 is 17.9 Å². The van der Waals surface area contributed by atoms with Crippen molar-refractivity contribution in [3.63, 3.8) is 0 Å². The first kappa shape index (κ1) is 13.8. The number of sulfone groups is 1. The fourth-order valence-corrected chi connectivity index (χ4v) is 5.28. The van der Waals surface area contributed by atoms with Crippen LogP contribution in [-0.4, -0.2) is 58.7 Å². The molecule has 0 spiro atoms. The van der Waals surface area contributed by atoms with Gasteiger partial charge in [-0.2, -0.15) is 0 Å². The third-order valence-electron chi connectivity index (χ3n) is 3.94. The number of hydrogen-bond acceptors (Lipinski definition) is 5. The molecule has 0 aromatic heterocycles. The molecule has 18 heavy (non-hydrogen) atoms. The van der Waals surface area contributed by atoms with Crippen LogP contribution in [0.15, 0.2) is 0 Å². The molecule has 0 aromatic rings. The third kappa shape index (κ3) is 2.53. The molecule has 0 aliphatic carbocycles. The molecule has 2 N–H and O–H groups in total. The predicted molar refractivity (Wildman–Crippen MR) is 67.0 cm³/mol. The number of nitrogens with one attached hydrogen (secondary N) is 2. The molecule has 2 heterocycles. The average Bonchev–Trinajstić information content (AvgIpc) is 2.72. The van der Waals surface area contributed by atoms with Gasteiger partial charge in [-0.15, -0.1) is 0 Å². The largest absolute Gasteiger partial charge is 0.375 e. The van der Waals surface area contributed by atoms with Crippen LogP contribution in [0, 0.1) is 5.41 Å². The van der Waals surface area contributed by atoms with Gasteiger partial charge in [-0.3, -0.25) is 4.79 Å². The van der Waals surface area contributed by atoms with E-state index in [4.69, 9.17) is 4.74 Å². The molecular weight excluding hydrogens is 256 g/mol. The zero-order chi connectivity index (χ0) is 13.2. The fourth-order valence-electron chi connectivity index (χ4n) is 3.03. The lowest BCUT2D eigenvalue weighted by Gasteiger charge is -2.38. The number of amides is 1. The molecule has 2 fully saturated rings. The molecule has 0 saturated carbocycles. The quantitative estimate of drug-likeness (QED) is 0.682. The maximum Gasteiger partial charge on any atom is 0.246 e. The second-order valence-electron chi connectivity index (χ2n) is 5.16. The summed E-state index contributed by atoms with van der Waals surface area (Å²) in [5, 5.41) is 5.58. The Morgan fingerprint density at radius 3 is 3.06 bits per heavy atom. The minimum Gasteiger partial charge on any atom is -0.375 e.